The van der Waals surface area contributed by atoms with Gasteiger partial charge < -0.3 is 5.32 Å². The van der Waals surface area contributed by atoms with Crippen molar-refractivity contribution >= 4 is 0 Å². The maximum Gasteiger partial charge on any atom is 0.0207 e. The van der Waals surface area contributed by atoms with Gasteiger partial charge in [0, 0.05) is 18.6 Å². The highest BCUT2D eigenvalue weighted by Crippen LogP contribution is 2.28. The molecule has 52 valence electrons. The van der Waals surface area contributed by atoms with Crippen LogP contribution in [0.5, 0.6) is 0 Å². The molecule has 0 aromatic heterocycles. The van der Waals surface area contributed by atoms with Crippen molar-refractivity contribution in [3.05, 3.63) is 0 Å². The molecule has 0 bridgehead atoms. The topological polar surface area (TPSA) is 15.3 Å². The van der Waals surface area contributed by atoms with Gasteiger partial charge in [0.15, 0.2) is 0 Å². The minimum Gasteiger partial charge on any atom is -0.316 e. The number of nitrogens with zero attached hydrogens (tertiary/aromatic N) is 1. The Morgan fingerprint density at radius 1 is 1.56 bits per heavy atom. The first-order chi connectivity index (χ1) is 4.40. The van der Waals surface area contributed by atoms with Gasteiger partial charge in [-0.1, -0.05) is 0 Å². The Labute approximate surface area is 56.2 Å². The maximum absolute atomic E-state index is 3.32. The monoisotopic (exact) mass is 126 g/mol. The molecule has 9 heavy (non-hydrogen) atoms. The largest absolute Gasteiger partial charge is 0.316 e. The van der Waals surface area contributed by atoms with Gasteiger partial charge >= 0.3 is 0 Å². The third-order valence-electron chi connectivity index (χ3n) is 2.69. The number of likely N-dealkylation sites (N-methyl/N-ethyl adjacent to an activating group) is 1. The van der Waals surface area contributed by atoms with E-state index in [0.717, 1.165) is 12.1 Å². The minimum atomic E-state index is 0.789. The predicted octanol–water partition coefficient (Wildman–Crippen LogP) is 0.0524. The summed E-state index contributed by atoms with van der Waals surface area (Å²) < 4.78 is 0. The van der Waals surface area contributed by atoms with Crippen LogP contribution in [0.1, 0.15) is 12.8 Å². The quantitative estimate of drug-likeness (QED) is 0.534. The zero-order valence-electron chi connectivity index (χ0n) is 5.93. The van der Waals surface area contributed by atoms with Crippen LogP contribution >= 0.6 is 0 Å². The van der Waals surface area contributed by atoms with Crippen molar-refractivity contribution in [3.8, 4) is 0 Å². The molecule has 2 heterocycles. The lowest BCUT2D eigenvalue weighted by Gasteiger charge is -2.34. The summed E-state index contributed by atoms with van der Waals surface area (Å²) in [5, 5.41) is 3.32. The Kier molecular flexibility index (Phi) is 1.24. The van der Waals surface area contributed by atoms with Crippen LogP contribution in [0.4, 0.5) is 0 Å². The van der Waals surface area contributed by atoms with Crippen molar-refractivity contribution in [1.29, 1.82) is 0 Å². The number of rotatable bonds is 1. The fourth-order valence-corrected chi connectivity index (χ4v) is 1.90. The van der Waals surface area contributed by atoms with Crippen LogP contribution < -0.4 is 5.32 Å². The molecule has 2 nitrogen and oxygen atoms in total. The van der Waals surface area contributed by atoms with Gasteiger partial charge in [0.05, 0.1) is 0 Å². The number of hydrogen-bond acceptors (Lipinski definition) is 2. The molecule has 0 aliphatic carbocycles. The molecular weight excluding hydrogens is 112 g/mol. The van der Waals surface area contributed by atoms with E-state index in [1.165, 1.54) is 25.9 Å². The fourth-order valence-electron chi connectivity index (χ4n) is 1.90. The van der Waals surface area contributed by atoms with E-state index >= 15 is 0 Å². The highest BCUT2D eigenvalue weighted by Gasteiger charge is 2.36. The summed E-state index contributed by atoms with van der Waals surface area (Å²) in [6, 6.07) is 1.74. The molecule has 1 N–H and O–H groups in total. The molecule has 2 aliphatic heterocycles. The lowest BCUT2D eigenvalue weighted by atomic mass is 10.0. The van der Waals surface area contributed by atoms with Gasteiger partial charge in [0.1, 0.15) is 0 Å². The van der Waals surface area contributed by atoms with Gasteiger partial charge in [-0.3, -0.25) is 4.90 Å². The van der Waals surface area contributed by atoms with Crippen molar-refractivity contribution in [2.75, 3.05) is 20.1 Å². The van der Waals surface area contributed by atoms with Crippen LogP contribution in [0.3, 0.4) is 0 Å². The third kappa shape index (κ3) is 0.775. The summed E-state index contributed by atoms with van der Waals surface area (Å²) in [5.74, 6) is 0. The van der Waals surface area contributed by atoms with Gasteiger partial charge in [-0.2, -0.15) is 0 Å². The molecule has 0 spiro atoms. The lowest BCUT2D eigenvalue weighted by molar-refractivity contribution is 0.140. The minimum absolute atomic E-state index is 0.789. The third-order valence-corrected chi connectivity index (χ3v) is 2.69. The van der Waals surface area contributed by atoms with Gasteiger partial charge in [0.2, 0.25) is 0 Å². The fraction of sp³-hybridized carbons (Fsp3) is 1.00. The predicted molar refractivity (Wildman–Crippen MR) is 37.4 cm³/mol. The Balaban J connectivity index is 1.91. The van der Waals surface area contributed by atoms with E-state index in [0.29, 0.717) is 0 Å². The van der Waals surface area contributed by atoms with Crippen LogP contribution in [-0.2, 0) is 0 Å². The van der Waals surface area contributed by atoms with E-state index < -0.39 is 0 Å². The second kappa shape index (κ2) is 1.96. The Morgan fingerprint density at radius 3 is 2.78 bits per heavy atom. The molecular formula is C7H14N2. The summed E-state index contributed by atoms with van der Waals surface area (Å²) in [7, 11) is 2.07. The van der Waals surface area contributed by atoms with Crippen molar-refractivity contribution < 1.29 is 0 Å². The van der Waals surface area contributed by atoms with Gasteiger partial charge in [-0.25, -0.2) is 0 Å². The van der Waals surface area contributed by atoms with Gasteiger partial charge in [-0.05, 0) is 26.4 Å². The van der Waals surface area contributed by atoms with E-state index in [1.807, 2.05) is 0 Å². The Morgan fingerprint density at radius 2 is 2.44 bits per heavy atom. The van der Waals surface area contributed by atoms with Crippen molar-refractivity contribution in [1.82, 2.24) is 10.2 Å². The summed E-state index contributed by atoms with van der Waals surface area (Å²) in [4.78, 5) is 2.57. The average molecular weight is 126 g/mol. The summed E-state index contributed by atoms with van der Waals surface area (Å²) in [5.41, 5.74) is 0. The SMILES string of the molecule is CNC1CC2CCN2C1. The molecule has 2 unspecified atom stereocenters. The molecule has 2 aliphatic rings. The normalized spacial score (nSPS) is 42.3. The van der Waals surface area contributed by atoms with Crippen molar-refractivity contribution in [2.24, 2.45) is 0 Å². The first kappa shape index (κ1) is 5.69. The zero-order chi connectivity index (χ0) is 6.27. The molecule has 2 rings (SSSR count). The smallest absolute Gasteiger partial charge is 0.0207 e. The zero-order valence-corrected chi connectivity index (χ0v) is 5.93. The molecule has 2 fully saturated rings. The van der Waals surface area contributed by atoms with Crippen LogP contribution in [-0.4, -0.2) is 37.1 Å². The average Bonchev–Trinajstić information content (AvgIpc) is 2.10. The van der Waals surface area contributed by atoms with E-state index in [-0.39, 0.29) is 0 Å². The summed E-state index contributed by atoms with van der Waals surface area (Å²) >= 11 is 0. The molecule has 2 heteroatoms. The van der Waals surface area contributed by atoms with E-state index in [4.69, 9.17) is 0 Å². The molecule has 2 saturated heterocycles. The first-order valence-electron chi connectivity index (χ1n) is 3.81. The van der Waals surface area contributed by atoms with E-state index in [1.54, 1.807) is 0 Å². The second-order valence-corrected chi connectivity index (χ2v) is 3.16. The molecule has 0 saturated carbocycles. The van der Waals surface area contributed by atoms with Crippen LogP contribution in [0, 0.1) is 0 Å². The molecule has 2 atom stereocenters. The molecule has 0 amide bonds. The van der Waals surface area contributed by atoms with E-state index in [9.17, 15) is 0 Å². The highest BCUT2D eigenvalue weighted by molar-refractivity contribution is 4.95. The summed E-state index contributed by atoms with van der Waals surface area (Å²) in [6.45, 7) is 2.64. The summed E-state index contributed by atoms with van der Waals surface area (Å²) in [6.07, 6.45) is 2.83. The van der Waals surface area contributed by atoms with Crippen molar-refractivity contribution in [3.63, 3.8) is 0 Å². The van der Waals surface area contributed by atoms with Crippen LogP contribution in [0.15, 0.2) is 0 Å². The Bertz CT molecular complexity index is 101. The van der Waals surface area contributed by atoms with Gasteiger partial charge in [-0.15, -0.1) is 0 Å². The lowest BCUT2D eigenvalue weighted by Crippen LogP contribution is -2.42. The number of fused-ring (bicyclic) bond motifs is 1. The highest BCUT2D eigenvalue weighted by atomic mass is 15.3. The Hall–Kier alpha value is -0.0800. The molecule has 0 radical (unpaired) electrons. The molecule has 0 aromatic rings. The standard InChI is InChI=1S/C7H14N2/c1-8-6-4-7-2-3-9(7)5-6/h6-8H,2-5H2,1H3. The van der Waals surface area contributed by atoms with Crippen molar-refractivity contribution in [2.45, 2.75) is 24.9 Å². The first-order valence-corrected chi connectivity index (χ1v) is 3.81. The van der Waals surface area contributed by atoms with Gasteiger partial charge in [0.25, 0.3) is 0 Å². The molecule has 0 aromatic carbocycles. The number of hydrogen-bond donors (Lipinski definition) is 1. The van der Waals surface area contributed by atoms with Crippen LogP contribution in [0.25, 0.3) is 0 Å². The van der Waals surface area contributed by atoms with Crippen LogP contribution in [0.2, 0.25) is 0 Å². The maximum atomic E-state index is 3.32. The van der Waals surface area contributed by atoms with E-state index in [2.05, 4.69) is 17.3 Å². The number of nitrogens with one attached hydrogen (secondary N) is 1. The second-order valence-electron chi connectivity index (χ2n) is 3.16.